The summed E-state index contributed by atoms with van der Waals surface area (Å²) in [6.45, 7) is 1.31. The first-order valence-corrected chi connectivity index (χ1v) is 8.91. The van der Waals surface area contributed by atoms with Crippen LogP contribution in [-0.4, -0.2) is 38.1 Å². The number of carboxylic acid groups (broad SMARTS) is 1. The summed E-state index contributed by atoms with van der Waals surface area (Å²) in [5.41, 5.74) is 4.74. The molecule has 1 atom stereocenters. The molecule has 0 aliphatic heterocycles. The fourth-order valence-corrected chi connectivity index (χ4v) is 3.33. The van der Waals surface area contributed by atoms with E-state index in [1.165, 1.54) is 16.5 Å². The smallest absolute Gasteiger partial charge is 0.0867 e. The lowest BCUT2D eigenvalue weighted by atomic mass is 9.90. The predicted molar refractivity (Wildman–Crippen MR) is 102 cm³/mol. The Hall–Kier alpha value is -2.79. The van der Waals surface area contributed by atoms with Crippen molar-refractivity contribution in [3.05, 3.63) is 65.9 Å². The maximum absolute atomic E-state index is 10.7. The van der Waals surface area contributed by atoms with E-state index in [2.05, 4.69) is 57.8 Å². The van der Waals surface area contributed by atoms with E-state index in [0.717, 1.165) is 17.7 Å². The van der Waals surface area contributed by atoms with Gasteiger partial charge in [0.25, 0.3) is 0 Å². The molecule has 5 nitrogen and oxygen atoms in total. The molecule has 0 bridgehead atoms. The maximum Gasteiger partial charge on any atom is 0.0867 e. The van der Waals surface area contributed by atoms with Crippen LogP contribution in [-0.2, 0) is 4.79 Å². The van der Waals surface area contributed by atoms with Gasteiger partial charge in [0.2, 0.25) is 0 Å². The van der Waals surface area contributed by atoms with Gasteiger partial charge in [0.05, 0.1) is 19.0 Å². The molecule has 1 aromatic heterocycles. The van der Waals surface area contributed by atoms with Gasteiger partial charge in [-0.15, -0.1) is 0 Å². The number of hydrogen-bond acceptors (Lipinski definition) is 3. The van der Waals surface area contributed by atoms with Crippen LogP contribution in [0.3, 0.4) is 0 Å². The highest BCUT2D eigenvalue weighted by molar-refractivity contribution is 5.84. The van der Waals surface area contributed by atoms with Crippen molar-refractivity contribution in [3.63, 3.8) is 0 Å². The molecular formula is C21H25N3O2. The molecule has 136 valence electrons. The van der Waals surface area contributed by atoms with E-state index in [0.29, 0.717) is 6.54 Å². The second-order valence-corrected chi connectivity index (χ2v) is 6.76. The Morgan fingerprint density at radius 3 is 2.58 bits per heavy atom. The molecular weight excluding hydrogens is 326 g/mol. The second-order valence-electron chi connectivity index (χ2n) is 6.76. The number of rotatable bonds is 8. The summed E-state index contributed by atoms with van der Waals surface area (Å²) in [6, 6.07) is 16.8. The zero-order chi connectivity index (χ0) is 18.5. The summed E-state index contributed by atoms with van der Waals surface area (Å²) < 4.78 is 0. The molecule has 0 amide bonds. The molecule has 0 radical (unpaired) electrons. The molecule has 0 aliphatic rings. The first-order valence-electron chi connectivity index (χ1n) is 8.91. The molecule has 2 aromatic carbocycles. The molecule has 0 saturated carbocycles. The van der Waals surface area contributed by atoms with Crippen LogP contribution >= 0.6 is 0 Å². The Balaban J connectivity index is 1.89. The van der Waals surface area contributed by atoms with Gasteiger partial charge in [-0.2, -0.15) is 0 Å². The topological polar surface area (TPSA) is 75.8 Å². The lowest BCUT2D eigenvalue weighted by Crippen LogP contribution is -2.85. The summed E-state index contributed by atoms with van der Waals surface area (Å²) >= 11 is 0. The van der Waals surface area contributed by atoms with Gasteiger partial charge in [0.15, 0.2) is 0 Å². The van der Waals surface area contributed by atoms with Crippen LogP contribution in [0.1, 0.15) is 23.5 Å². The van der Waals surface area contributed by atoms with E-state index in [4.69, 9.17) is 0 Å². The molecule has 26 heavy (non-hydrogen) atoms. The monoisotopic (exact) mass is 351 g/mol. The largest absolute Gasteiger partial charge is 0.550 e. The van der Waals surface area contributed by atoms with Crippen molar-refractivity contribution in [2.75, 3.05) is 32.1 Å². The number of carbonyl (C=O) groups excluding carboxylic acids is 1. The number of carbonyl (C=O) groups is 1. The van der Waals surface area contributed by atoms with Crippen molar-refractivity contribution >= 4 is 22.6 Å². The molecule has 3 rings (SSSR count). The molecule has 3 N–H and O–H groups in total. The predicted octanol–water partition coefficient (Wildman–Crippen LogP) is 1.07. The maximum atomic E-state index is 10.7. The van der Waals surface area contributed by atoms with Crippen molar-refractivity contribution in [2.45, 2.75) is 12.3 Å². The fourth-order valence-electron chi connectivity index (χ4n) is 3.33. The molecule has 3 aromatic rings. The van der Waals surface area contributed by atoms with Gasteiger partial charge >= 0.3 is 0 Å². The van der Waals surface area contributed by atoms with Gasteiger partial charge in [0, 0.05) is 49.3 Å². The Kier molecular flexibility index (Phi) is 5.58. The van der Waals surface area contributed by atoms with Gasteiger partial charge in [0.1, 0.15) is 0 Å². The van der Waals surface area contributed by atoms with Crippen LogP contribution in [0, 0.1) is 0 Å². The third-order valence-electron chi connectivity index (χ3n) is 4.76. The Bertz CT molecular complexity index is 868. The number of H-pyrrole nitrogens is 1. The third kappa shape index (κ3) is 4.06. The number of aromatic nitrogens is 1. The van der Waals surface area contributed by atoms with Gasteiger partial charge in [-0.25, -0.2) is 0 Å². The van der Waals surface area contributed by atoms with Crippen LogP contribution in [0.5, 0.6) is 0 Å². The number of nitrogens with two attached hydrogens (primary N) is 1. The number of aromatic amines is 1. The highest BCUT2D eigenvalue weighted by atomic mass is 16.4. The molecule has 1 heterocycles. The number of quaternary nitrogens is 1. The van der Waals surface area contributed by atoms with E-state index in [-0.39, 0.29) is 12.3 Å². The normalized spacial score (nSPS) is 12.2. The lowest BCUT2D eigenvalue weighted by Gasteiger charge is -2.18. The van der Waals surface area contributed by atoms with Crippen LogP contribution in [0.4, 0.5) is 5.69 Å². The number of fused-ring (bicyclic) bond motifs is 1. The molecule has 0 unspecified atom stereocenters. The van der Waals surface area contributed by atoms with Crippen LogP contribution in [0.25, 0.3) is 10.9 Å². The minimum atomic E-state index is -1.000. The zero-order valence-corrected chi connectivity index (χ0v) is 15.2. The fraction of sp³-hybridized carbons (Fsp3) is 0.286. The quantitative estimate of drug-likeness (QED) is 0.596. The summed E-state index contributed by atoms with van der Waals surface area (Å²) in [6.07, 6.45) is 2.14. The molecule has 0 fully saturated rings. The van der Waals surface area contributed by atoms with Crippen LogP contribution in [0.15, 0.2) is 54.7 Å². The highest BCUT2D eigenvalue weighted by Crippen LogP contribution is 2.30. The summed E-state index contributed by atoms with van der Waals surface area (Å²) in [5, 5.41) is 13.9. The van der Waals surface area contributed by atoms with Gasteiger partial charge < -0.3 is 25.1 Å². The Morgan fingerprint density at radius 1 is 1.15 bits per heavy atom. The first kappa shape index (κ1) is 18.0. The number of benzene rings is 2. The van der Waals surface area contributed by atoms with E-state index in [1.807, 2.05) is 26.2 Å². The van der Waals surface area contributed by atoms with Crippen LogP contribution < -0.4 is 15.3 Å². The number of carboxylic acids is 1. The van der Waals surface area contributed by atoms with Crippen LogP contribution in [0.2, 0.25) is 0 Å². The van der Waals surface area contributed by atoms with Crippen molar-refractivity contribution in [1.82, 2.24) is 4.98 Å². The van der Waals surface area contributed by atoms with Gasteiger partial charge in [-0.1, -0.05) is 30.3 Å². The van der Waals surface area contributed by atoms with E-state index in [1.54, 1.807) is 0 Å². The molecule has 0 saturated heterocycles. The summed E-state index contributed by atoms with van der Waals surface area (Å²) in [4.78, 5) is 16.1. The number of nitrogens with zero attached hydrogens (tertiary/aromatic N) is 1. The average molecular weight is 351 g/mol. The molecule has 5 heteroatoms. The lowest BCUT2D eigenvalue weighted by molar-refractivity contribution is -0.655. The number of anilines is 1. The van der Waals surface area contributed by atoms with E-state index < -0.39 is 5.97 Å². The minimum Gasteiger partial charge on any atom is -0.550 e. The van der Waals surface area contributed by atoms with Crippen molar-refractivity contribution in [3.8, 4) is 0 Å². The number of hydrogen-bond donors (Lipinski definition) is 2. The van der Waals surface area contributed by atoms with Crippen molar-refractivity contribution in [1.29, 1.82) is 0 Å². The molecule has 0 aliphatic carbocycles. The SMILES string of the molecule is CN(C)c1ccc([C@@H](C[NH2+]CCC(=O)[O-])c2c[nH]c3ccccc23)cc1. The zero-order valence-electron chi connectivity index (χ0n) is 15.2. The Morgan fingerprint density at radius 2 is 1.88 bits per heavy atom. The van der Waals surface area contributed by atoms with Gasteiger partial charge in [-0.3, -0.25) is 0 Å². The number of para-hydroxylation sites is 1. The Labute approximate surface area is 153 Å². The third-order valence-corrected chi connectivity index (χ3v) is 4.76. The van der Waals surface area contributed by atoms with Gasteiger partial charge in [-0.05, 0) is 29.3 Å². The summed E-state index contributed by atoms with van der Waals surface area (Å²) in [5.74, 6) is -0.815. The van der Waals surface area contributed by atoms with Crippen molar-refractivity contribution in [2.24, 2.45) is 0 Å². The minimum absolute atomic E-state index is 0.0696. The highest BCUT2D eigenvalue weighted by Gasteiger charge is 2.20. The summed E-state index contributed by atoms with van der Waals surface area (Å²) in [7, 11) is 4.06. The number of aliphatic carboxylic acids is 1. The van der Waals surface area contributed by atoms with E-state index >= 15 is 0 Å². The first-order chi connectivity index (χ1) is 12.6. The second kappa shape index (κ2) is 8.06. The molecule has 0 spiro atoms. The average Bonchev–Trinajstić information content (AvgIpc) is 3.05. The standard InChI is InChI=1S/C21H25N3O2/c1-24(2)16-9-7-15(8-10-16)18(13-22-12-11-21(25)26)19-14-23-20-6-4-3-5-17(19)20/h3-10,14,18,22-23H,11-13H2,1-2H3,(H,25,26)/t18-/m1/s1. The number of nitrogens with one attached hydrogen (secondary N) is 1. The van der Waals surface area contributed by atoms with Crippen molar-refractivity contribution < 1.29 is 15.2 Å². The van der Waals surface area contributed by atoms with E-state index in [9.17, 15) is 9.90 Å².